The van der Waals surface area contributed by atoms with Gasteiger partial charge in [0, 0.05) is 56.4 Å². The average molecular weight is 689 g/mol. The number of anilines is 1. The third-order valence-electron chi connectivity index (χ3n) is 10.3. The summed E-state index contributed by atoms with van der Waals surface area (Å²) in [6.45, 7) is 20.7. The Hall–Kier alpha value is -4.15. The molecule has 1 aliphatic heterocycles. The summed E-state index contributed by atoms with van der Waals surface area (Å²) in [6.07, 6.45) is 0.707. The first-order chi connectivity index (χ1) is 24.0. The number of nitrogens with zero attached hydrogens (tertiary/aromatic N) is 5. The highest BCUT2D eigenvalue weighted by atomic mass is 28.4. The van der Waals surface area contributed by atoms with E-state index < -0.39 is 8.32 Å². The van der Waals surface area contributed by atoms with Crippen molar-refractivity contribution in [1.82, 2.24) is 19.9 Å². The highest BCUT2D eigenvalue weighted by Crippen LogP contribution is 2.36. The van der Waals surface area contributed by atoms with Crippen LogP contribution in [0.25, 0.3) is 5.65 Å². The van der Waals surface area contributed by atoms with Crippen molar-refractivity contribution in [2.75, 3.05) is 44.4 Å². The summed E-state index contributed by atoms with van der Waals surface area (Å²) in [7, 11) is -1.83. The largest absolute Gasteiger partial charge is 0.416 e. The molecule has 0 aliphatic carbocycles. The van der Waals surface area contributed by atoms with Crippen molar-refractivity contribution in [3.8, 4) is 0 Å². The molecule has 0 atom stereocenters. The van der Waals surface area contributed by atoms with E-state index in [1.807, 2.05) is 12.1 Å². The molecular formula is C41H52N6O2Si. The number of nitrogens with one attached hydrogen (secondary N) is 1. The van der Waals surface area contributed by atoms with Crippen LogP contribution in [0.4, 0.5) is 11.5 Å². The zero-order valence-electron chi connectivity index (χ0n) is 30.8. The van der Waals surface area contributed by atoms with E-state index in [9.17, 15) is 0 Å². The molecule has 0 amide bonds. The van der Waals surface area contributed by atoms with E-state index in [0.29, 0.717) is 32.8 Å². The summed E-state index contributed by atoms with van der Waals surface area (Å²) in [4.78, 5) is 13.1. The fourth-order valence-electron chi connectivity index (χ4n) is 6.02. The summed E-state index contributed by atoms with van der Waals surface area (Å²) in [6, 6.07) is 29.4. The molecule has 0 unspecified atom stereocenters. The van der Waals surface area contributed by atoms with Crippen LogP contribution in [0.1, 0.15) is 60.0 Å². The molecule has 2 aromatic heterocycles. The minimum Gasteiger partial charge on any atom is -0.416 e. The lowest BCUT2D eigenvalue weighted by molar-refractivity contribution is 0.122. The molecule has 1 fully saturated rings. The number of benzene rings is 3. The van der Waals surface area contributed by atoms with Gasteiger partial charge in [-0.15, -0.1) is 5.10 Å². The van der Waals surface area contributed by atoms with Crippen molar-refractivity contribution < 1.29 is 9.16 Å². The van der Waals surface area contributed by atoms with Gasteiger partial charge in [0.1, 0.15) is 5.69 Å². The minimum absolute atomic E-state index is 0.173. The van der Waals surface area contributed by atoms with Gasteiger partial charge >= 0.3 is 0 Å². The monoisotopic (exact) mass is 688 g/mol. The Morgan fingerprint density at radius 1 is 0.920 bits per heavy atom. The van der Waals surface area contributed by atoms with Crippen LogP contribution in [-0.2, 0) is 22.1 Å². The second kappa shape index (κ2) is 15.4. The number of aliphatic imine (C=N–C) groups is 1. The van der Waals surface area contributed by atoms with E-state index in [-0.39, 0.29) is 5.04 Å². The molecule has 1 aliphatic rings. The van der Waals surface area contributed by atoms with Gasteiger partial charge in [0.05, 0.1) is 30.3 Å². The van der Waals surface area contributed by atoms with Gasteiger partial charge in [-0.1, -0.05) is 99.6 Å². The van der Waals surface area contributed by atoms with Crippen LogP contribution in [0.5, 0.6) is 0 Å². The molecule has 3 heterocycles. The quantitative estimate of drug-likeness (QED) is 0.0813. The Balaban J connectivity index is 1.47. The third kappa shape index (κ3) is 8.07. The third-order valence-corrected chi connectivity index (χ3v) is 14.8. The Labute approximate surface area is 298 Å². The Morgan fingerprint density at radius 2 is 1.58 bits per heavy atom. The summed E-state index contributed by atoms with van der Waals surface area (Å²) in [5, 5.41) is 9.13. The van der Waals surface area contributed by atoms with Gasteiger partial charge in [0.15, 0.2) is 19.8 Å². The summed E-state index contributed by atoms with van der Waals surface area (Å²) in [5.41, 5.74) is 10.4. The molecule has 50 heavy (non-hydrogen) atoms. The predicted molar refractivity (Wildman–Crippen MR) is 208 cm³/mol. The lowest BCUT2D eigenvalue weighted by Crippen LogP contribution is -2.42. The summed E-state index contributed by atoms with van der Waals surface area (Å²) in [5.74, 6) is 0.877. The normalized spacial score (nSPS) is 13.9. The Morgan fingerprint density at radius 3 is 2.22 bits per heavy atom. The van der Waals surface area contributed by atoms with Gasteiger partial charge in [-0.3, -0.25) is 0 Å². The maximum atomic E-state index is 6.48. The molecular weight excluding hydrogens is 637 g/mol. The lowest BCUT2D eigenvalue weighted by Gasteiger charge is -2.36. The highest BCUT2D eigenvalue weighted by Gasteiger charge is 2.36. The number of ether oxygens (including phenoxy) is 1. The minimum atomic E-state index is -1.83. The van der Waals surface area contributed by atoms with E-state index in [2.05, 4.69) is 135 Å². The van der Waals surface area contributed by atoms with Gasteiger partial charge in [0.2, 0.25) is 0 Å². The first kappa shape index (κ1) is 35.7. The highest BCUT2D eigenvalue weighted by molar-refractivity contribution is 6.74. The van der Waals surface area contributed by atoms with Crippen LogP contribution in [0.3, 0.4) is 0 Å². The van der Waals surface area contributed by atoms with E-state index in [1.165, 1.54) is 16.7 Å². The fraction of sp³-hybridized carbons (Fsp3) is 0.390. The molecule has 0 saturated carbocycles. The number of fused-ring (bicyclic) bond motifs is 1. The molecule has 262 valence electrons. The maximum Gasteiger partial charge on any atom is 0.192 e. The molecule has 1 saturated heterocycles. The van der Waals surface area contributed by atoms with E-state index >= 15 is 0 Å². The first-order valence-electron chi connectivity index (χ1n) is 17.9. The Bertz CT molecular complexity index is 1880. The molecule has 0 radical (unpaired) electrons. The van der Waals surface area contributed by atoms with Crippen molar-refractivity contribution in [2.24, 2.45) is 4.99 Å². The number of hydrogen-bond donors (Lipinski definition) is 1. The molecule has 9 heteroatoms. The van der Waals surface area contributed by atoms with Gasteiger partial charge in [-0.05, 0) is 48.7 Å². The smallest absolute Gasteiger partial charge is 0.192 e. The average Bonchev–Trinajstić information content (AvgIpc) is 3.46. The predicted octanol–water partition coefficient (Wildman–Crippen LogP) is 8.05. The lowest BCUT2D eigenvalue weighted by atomic mass is 9.99. The number of imidazole rings is 1. The van der Waals surface area contributed by atoms with E-state index in [0.717, 1.165) is 65.0 Å². The second-order valence-electron chi connectivity index (χ2n) is 14.7. The van der Waals surface area contributed by atoms with Crippen molar-refractivity contribution in [2.45, 2.75) is 65.7 Å². The van der Waals surface area contributed by atoms with Crippen molar-refractivity contribution in [1.29, 1.82) is 0 Å². The zero-order valence-corrected chi connectivity index (χ0v) is 31.8. The number of hydrogen-bond acceptors (Lipinski definition) is 7. The van der Waals surface area contributed by atoms with E-state index in [4.69, 9.17) is 24.2 Å². The van der Waals surface area contributed by atoms with Gasteiger partial charge in [-0.2, -0.15) is 0 Å². The Kier molecular flexibility index (Phi) is 11.0. The molecule has 0 bridgehead atoms. The number of rotatable bonds is 12. The van der Waals surface area contributed by atoms with Crippen molar-refractivity contribution in [3.05, 3.63) is 124 Å². The van der Waals surface area contributed by atoms with Crippen LogP contribution in [-0.4, -0.2) is 68.1 Å². The first-order valence-corrected chi connectivity index (χ1v) is 20.8. The molecule has 0 spiro atoms. The molecule has 5 aromatic rings. The molecule has 3 aromatic carbocycles. The molecule has 8 nitrogen and oxygen atoms in total. The zero-order chi connectivity index (χ0) is 35.3. The summed E-state index contributed by atoms with van der Waals surface area (Å²) >= 11 is 0. The van der Waals surface area contributed by atoms with Crippen LogP contribution >= 0.6 is 0 Å². The van der Waals surface area contributed by atoms with Crippen molar-refractivity contribution >= 4 is 31.2 Å². The van der Waals surface area contributed by atoms with Crippen LogP contribution in [0.15, 0.2) is 89.9 Å². The van der Waals surface area contributed by atoms with Gasteiger partial charge < -0.3 is 19.4 Å². The van der Waals surface area contributed by atoms with Gasteiger partial charge in [-0.25, -0.2) is 14.5 Å². The molecule has 1 N–H and O–H groups in total. The van der Waals surface area contributed by atoms with Crippen LogP contribution < -0.4 is 10.2 Å². The number of morpholine rings is 1. The fourth-order valence-corrected chi connectivity index (χ4v) is 7.07. The second-order valence-corrected chi connectivity index (χ2v) is 19.6. The SMILES string of the molecule is Cc1cccc(Cc2c(CNCCO[Si](C)(C)C(C)(C)C)nc3c(N=C(c4ccccc4)c4ccccc4)cc(N4CCOCC4)nn23)c1C. The number of aryl methyl sites for hydroxylation is 1. The molecule has 6 rings (SSSR count). The van der Waals surface area contributed by atoms with Crippen molar-refractivity contribution in [3.63, 3.8) is 0 Å². The summed E-state index contributed by atoms with van der Waals surface area (Å²) < 4.78 is 14.3. The van der Waals surface area contributed by atoms with Crippen LogP contribution in [0.2, 0.25) is 18.1 Å². The van der Waals surface area contributed by atoms with Gasteiger partial charge in [0.25, 0.3) is 0 Å². The topological polar surface area (TPSA) is 76.3 Å². The maximum absolute atomic E-state index is 6.48. The number of aromatic nitrogens is 3. The standard InChI is InChI=1S/C41H52N6O2Si/c1-30-15-14-20-34(31(30)2)27-37-36(29-42-21-24-49-50(6,7)41(3,4)5)44-40-35(28-38(45-47(37)40)46-22-25-48-26-23-46)43-39(32-16-10-8-11-17-32)33-18-12-9-13-19-33/h8-20,28,42H,21-27,29H2,1-7H3. The van der Waals surface area contributed by atoms with E-state index in [1.54, 1.807) is 0 Å². The van der Waals surface area contributed by atoms with Crippen LogP contribution in [0, 0.1) is 13.8 Å².